The molecule has 27 heavy (non-hydrogen) atoms. The Morgan fingerprint density at radius 1 is 1.07 bits per heavy atom. The van der Waals surface area contributed by atoms with Crippen molar-refractivity contribution in [1.29, 1.82) is 0 Å². The van der Waals surface area contributed by atoms with Crippen LogP contribution in [0, 0.1) is 5.92 Å². The normalized spacial score (nSPS) is 11.1. The molecule has 0 aliphatic rings. The largest absolute Gasteiger partial charge is 0.507 e. The Kier molecular flexibility index (Phi) is 5.40. The summed E-state index contributed by atoms with van der Waals surface area (Å²) in [4.78, 5) is 12.7. The van der Waals surface area contributed by atoms with E-state index in [1.54, 1.807) is 14.2 Å². The summed E-state index contributed by atoms with van der Waals surface area (Å²) in [6, 6.07) is 10.2. The molecule has 3 rings (SSSR count). The fourth-order valence-electron chi connectivity index (χ4n) is 3.09. The summed E-state index contributed by atoms with van der Waals surface area (Å²) in [7, 11) is 3.14. The second kappa shape index (κ2) is 7.74. The summed E-state index contributed by atoms with van der Waals surface area (Å²) in [5.41, 5.74) is 1.65. The van der Waals surface area contributed by atoms with Gasteiger partial charge in [-0.25, -0.2) is 0 Å². The second-order valence-electron chi connectivity index (χ2n) is 6.92. The Bertz CT molecular complexity index is 1000. The van der Waals surface area contributed by atoms with Crippen molar-refractivity contribution >= 4 is 11.0 Å². The Balaban J connectivity index is 2.23. The summed E-state index contributed by atoms with van der Waals surface area (Å²) in [5.74, 6) is 2.03. The number of benzene rings is 2. The first-order valence-corrected chi connectivity index (χ1v) is 8.95. The third-order valence-electron chi connectivity index (χ3n) is 4.61. The summed E-state index contributed by atoms with van der Waals surface area (Å²) >= 11 is 0. The number of phenolic OH excluding ortho intramolecular Hbond substituents is 1. The van der Waals surface area contributed by atoms with E-state index in [2.05, 4.69) is 13.8 Å². The van der Waals surface area contributed by atoms with Crippen LogP contribution in [0.2, 0.25) is 0 Å². The highest BCUT2D eigenvalue weighted by Crippen LogP contribution is 2.36. The second-order valence-corrected chi connectivity index (χ2v) is 6.92. The third kappa shape index (κ3) is 3.77. The minimum absolute atomic E-state index is 0.134. The van der Waals surface area contributed by atoms with Crippen LogP contribution in [0.3, 0.4) is 0 Å². The van der Waals surface area contributed by atoms with E-state index >= 15 is 0 Å². The van der Waals surface area contributed by atoms with Crippen LogP contribution >= 0.6 is 0 Å². The van der Waals surface area contributed by atoms with E-state index in [1.165, 1.54) is 12.1 Å². The molecule has 0 amide bonds. The van der Waals surface area contributed by atoms with Gasteiger partial charge in [0.1, 0.15) is 34.0 Å². The molecule has 0 aliphatic heterocycles. The van der Waals surface area contributed by atoms with Crippen molar-refractivity contribution in [2.24, 2.45) is 5.92 Å². The first-order valence-electron chi connectivity index (χ1n) is 8.95. The molecule has 0 saturated heterocycles. The first-order chi connectivity index (χ1) is 12.9. The number of aromatic hydroxyl groups is 1. The molecule has 0 radical (unpaired) electrons. The number of fused-ring (bicyclic) bond motifs is 1. The van der Waals surface area contributed by atoms with Crippen molar-refractivity contribution in [3.05, 3.63) is 52.2 Å². The SMILES string of the molecule is COc1ccc(-c2cc(=O)c3c(O)cc(OC)c(CCC(C)C)c3o2)cc1. The van der Waals surface area contributed by atoms with Gasteiger partial charge in [-0.15, -0.1) is 0 Å². The van der Waals surface area contributed by atoms with Gasteiger partial charge in [-0.3, -0.25) is 4.79 Å². The quantitative estimate of drug-likeness (QED) is 0.679. The maximum atomic E-state index is 12.7. The van der Waals surface area contributed by atoms with Gasteiger partial charge in [0, 0.05) is 23.3 Å². The van der Waals surface area contributed by atoms with E-state index < -0.39 is 0 Å². The standard InChI is InChI=1S/C22H24O5/c1-13(2)5-10-16-20(26-4)12-18(24)21-17(23)11-19(27-22(16)21)14-6-8-15(25-3)9-7-14/h6-9,11-13,24H,5,10H2,1-4H3. The summed E-state index contributed by atoms with van der Waals surface area (Å²) in [6.07, 6.45) is 1.60. The molecular formula is C22H24O5. The van der Waals surface area contributed by atoms with Crippen molar-refractivity contribution in [3.63, 3.8) is 0 Å². The minimum Gasteiger partial charge on any atom is -0.507 e. The fourth-order valence-corrected chi connectivity index (χ4v) is 3.09. The van der Waals surface area contributed by atoms with Gasteiger partial charge in [-0.05, 0) is 43.0 Å². The lowest BCUT2D eigenvalue weighted by atomic mass is 9.99. The van der Waals surface area contributed by atoms with Gasteiger partial charge in [0.2, 0.25) is 0 Å². The van der Waals surface area contributed by atoms with Crippen LogP contribution < -0.4 is 14.9 Å². The van der Waals surface area contributed by atoms with Crippen LogP contribution in [0.5, 0.6) is 17.2 Å². The number of aryl methyl sites for hydroxylation is 1. The van der Waals surface area contributed by atoms with Gasteiger partial charge in [0.25, 0.3) is 0 Å². The maximum Gasteiger partial charge on any atom is 0.197 e. The number of rotatable bonds is 6. The number of phenols is 1. The molecule has 0 aliphatic carbocycles. The zero-order chi connectivity index (χ0) is 19.6. The van der Waals surface area contributed by atoms with E-state index in [-0.39, 0.29) is 16.6 Å². The zero-order valence-electron chi connectivity index (χ0n) is 16.0. The van der Waals surface area contributed by atoms with Crippen LogP contribution in [-0.4, -0.2) is 19.3 Å². The minimum atomic E-state index is -0.284. The number of hydrogen-bond acceptors (Lipinski definition) is 5. The predicted molar refractivity (Wildman–Crippen MR) is 106 cm³/mol. The highest BCUT2D eigenvalue weighted by atomic mass is 16.5. The Labute approximate surface area is 158 Å². The van der Waals surface area contributed by atoms with Crippen LogP contribution in [0.1, 0.15) is 25.8 Å². The van der Waals surface area contributed by atoms with Crippen LogP contribution in [0.25, 0.3) is 22.3 Å². The van der Waals surface area contributed by atoms with E-state index in [9.17, 15) is 9.90 Å². The van der Waals surface area contributed by atoms with Crippen LogP contribution in [0.4, 0.5) is 0 Å². The lowest BCUT2D eigenvalue weighted by molar-refractivity contribution is 0.400. The molecule has 0 spiro atoms. The highest BCUT2D eigenvalue weighted by Gasteiger charge is 2.19. The molecule has 0 atom stereocenters. The molecule has 5 heteroatoms. The molecule has 142 valence electrons. The molecule has 0 unspecified atom stereocenters. The van der Waals surface area contributed by atoms with Gasteiger partial charge in [0.05, 0.1) is 14.2 Å². The van der Waals surface area contributed by atoms with Crippen molar-refractivity contribution in [2.45, 2.75) is 26.7 Å². The molecule has 2 aromatic carbocycles. The maximum absolute atomic E-state index is 12.7. The molecule has 0 saturated carbocycles. The molecule has 1 heterocycles. The predicted octanol–water partition coefficient (Wildman–Crippen LogP) is 4.77. The van der Waals surface area contributed by atoms with Crippen LogP contribution in [0.15, 0.2) is 45.6 Å². The van der Waals surface area contributed by atoms with E-state index in [4.69, 9.17) is 13.9 Å². The fraction of sp³-hybridized carbons (Fsp3) is 0.318. The molecule has 1 N–H and O–H groups in total. The number of hydrogen-bond donors (Lipinski definition) is 1. The molecular weight excluding hydrogens is 344 g/mol. The smallest absolute Gasteiger partial charge is 0.197 e. The third-order valence-corrected chi connectivity index (χ3v) is 4.61. The van der Waals surface area contributed by atoms with Crippen molar-refractivity contribution in [3.8, 4) is 28.6 Å². The molecule has 0 bridgehead atoms. The van der Waals surface area contributed by atoms with Crippen molar-refractivity contribution in [1.82, 2.24) is 0 Å². The summed E-state index contributed by atoms with van der Waals surface area (Å²) < 4.78 is 16.7. The van der Waals surface area contributed by atoms with Crippen molar-refractivity contribution < 1.29 is 19.0 Å². The lowest BCUT2D eigenvalue weighted by Crippen LogP contribution is -2.05. The molecule has 3 aromatic rings. The van der Waals surface area contributed by atoms with E-state index in [0.717, 1.165) is 23.3 Å². The topological polar surface area (TPSA) is 68.9 Å². The summed E-state index contributed by atoms with van der Waals surface area (Å²) in [5, 5.41) is 10.5. The van der Waals surface area contributed by atoms with Gasteiger partial charge < -0.3 is 19.0 Å². The van der Waals surface area contributed by atoms with Crippen LogP contribution in [-0.2, 0) is 6.42 Å². The number of methoxy groups -OCH3 is 2. The average Bonchev–Trinajstić information content (AvgIpc) is 2.66. The Hall–Kier alpha value is -2.95. The van der Waals surface area contributed by atoms with Gasteiger partial charge in [-0.1, -0.05) is 13.8 Å². The van der Waals surface area contributed by atoms with Gasteiger partial charge in [0.15, 0.2) is 5.43 Å². The Morgan fingerprint density at radius 3 is 2.37 bits per heavy atom. The van der Waals surface area contributed by atoms with Gasteiger partial charge >= 0.3 is 0 Å². The van der Waals surface area contributed by atoms with E-state index in [0.29, 0.717) is 29.4 Å². The average molecular weight is 368 g/mol. The molecule has 0 fully saturated rings. The first kappa shape index (κ1) is 18.8. The van der Waals surface area contributed by atoms with Gasteiger partial charge in [-0.2, -0.15) is 0 Å². The van der Waals surface area contributed by atoms with E-state index in [1.807, 2.05) is 24.3 Å². The highest BCUT2D eigenvalue weighted by molar-refractivity contribution is 5.89. The molecule has 5 nitrogen and oxygen atoms in total. The zero-order valence-corrected chi connectivity index (χ0v) is 16.0. The summed E-state index contributed by atoms with van der Waals surface area (Å²) in [6.45, 7) is 4.27. The molecule has 1 aromatic heterocycles. The monoisotopic (exact) mass is 368 g/mol. The lowest BCUT2D eigenvalue weighted by Gasteiger charge is -2.14. The Morgan fingerprint density at radius 2 is 1.78 bits per heavy atom. The van der Waals surface area contributed by atoms with Crippen molar-refractivity contribution in [2.75, 3.05) is 14.2 Å². The number of ether oxygens (including phenoxy) is 2.